The van der Waals surface area contributed by atoms with Gasteiger partial charge in [0.25, 0.3) is 0 Å². The van der Waals surface area contributed by atoms with Crippen LogP contribution in [0.1, 0.15) is 10.7 Å². The van der Waals surface area contributed by atoms with Crippen LogP contribution in [0, 0.1) is 6.92 Å². The summed E-state index contributed by atoms with van der Waals surface area (Å²) in [5.74, 6) is 0.558. The molecule has 0 aliphatic heterocycles. The molecule has 3 rings (SSSR count). The monoisotopic (exact) mass is 332 g/mol. The minimum Gasteiger partial charge on any atom is -0.316 e. The third-order valence-corrected chi connectivity index (χ3v) is 4.13. The third kappa shape index (κ3) is 3.83. The van der Waals surface area contributed by atoms with Gasteiger partial charge in [-0.15, -0.1) is 21.5 Å². The number of anilines is 3. The molecular formula is C13H12N6OS2. The molecule has 0 atom stereocenters. The minimum absolute atomic E-state index is 0.161. The van der Waals surface area contributed by atoms with Crippen molar-refractivity contribution in [3.63, 3.8) is 0 Å². The van der Waals surface area contributed by atoms with Gasteiger partial charge in [-0.25, -0.2) is 9.97 Å². The first-order chi connectivity index (χ1) is 10.7. The van der Waals surface area contributed by atoms with Crippen LogP contribution >= 0.6 is 22.7 Å². The third-order valence-electron chi connectivity index (χ3n) is 2.57. The number of nitrogens with one attached hydrogen (secondary N) is 2. The normalized spacial score (nSPS) is 10.4. The van der Waals surface area contributed by atoms with Crippen LogP contribution in [0.5, 0.6) is 0 Å². The lowest BCUT2D eigenvalue weighted by Gasteiger charge is -2.00. The predicted octanol–water partition coefficient (Wildman–Crippen LogP) is 2.62. The molecule has 0 fully saturated rings. The topological polar surface area (TPSA) is 92.7 Å². The Bertz CT molecular complexity index is 770. The van der Waals surface area contributed by atoms with Gasteiger partial charge < -0.3 is 10.6 Å². The van der Waals surface area contributed by atoms with E-state index in [9.17, 15) is 4.79 Å². The van der Waals surface area contributed by atoms with E-state index in [0.29, 0.717) is 16.0 Å². The van der Waals surface area contributed by atoms with Gasteiger partial charge in [-0.3, -0.25) is 4.79 Å². The summed E-state index contributed by atoms with van der Waals surface area (Å²) in [4.78, 5) is 20.4. The van der Waals surface area contributed by atoms with Gasteiger partial charge in [0.1, 0.15) is 10.8 Å². The number of pyridine rings is 1. The van der Waals surface area contributed by atoms with Crippen molar-refractivity contribution in [1.29, 1.82) is 0 Å². The van der Waals surface area contributed by atoms with Crippen LogP contribution in [-0.2, 0) is 11.2 Å². The zero-order chi connectivity index (χ0) is 15.4. The summed E-state index contributed by atoms with van der Waals surface area (Å²) in [5, 5.41) is 17.4. The molecule has 2 N–H and O–H groups in total. The highest BCUT2D eigenvalue weighted by atomic mass is 32.1. The van der Waals surface area contributed by atoms with Crippen molar-refractivity contribution in [3.05, 3.63) is 40.5 Å². The molecule has 0 bridgehead atoms. The predicted molar refractivity (Wildman–Crippen MR) is 86.6 cm³/mol. The smallest absolute Gasteiger partial charge is 0.232 e. The molecule has 0 saturated heterocycles. The molecule has 3 aromatic rings. The molecule has 0 aliphatic carbocycles. The molecule has 3 aromatic heterocycles. The summed E-state index contributed by atoms with van der Waals surface area (Å²) in [6, 6.07) is 5.59. The van der Waals surface area contributed by atoms with E-state index in [4.69, 9.17) is 0 Å². The number of nitrogens with zero attached hydrogens (tertiary/aromatic N) is 4. The van der Waals surface area contributed by atoms with Gasteiger partial charge in [-0.05, 0) is 19.1 Å². The van der Waals surface area contributed by atoms with Gasteiger partial charge in [-0.1, -0.05) is 17.4 Å². The Morgan fingerprint density at radius 3 is 2.91 bits per heavy atom. The lowest BCUT2D eigenvalue weighted by atomic mass is 10.3. The van der Waals surface area contributed by atoms with Crippen LogP contribution in [0.25, 0.3) is 0 Å². The summed E-state index contributed by atoms with van der Waals surface area (Å²) < 4.78 is 0. The van der Waals surface area contributed by atoms with E-state index in [1.807, 2.05) is 30.5 Å². The maximum atomic E-state index is 11.9. The second kappa shape index (κ2) is 6.58. The summed E-state index contributed by atoms with van der Waals surface area (Å²) in [7, 11) is 0. The van der Waals surface area contributed by atoms with Gasteiger partial charge in [0.2, 0.25) is 11.0 Å². The Labute approximate surface area is 134 Å². The van der Waals surface area contributed by atoms with Gasteiger partial charge in [0.05, 0.1) is 12.1 Å². The van der Waals surface area contributed by atoms with Crippen molar-refractivity contribution in [3.8, 4) is 0 Å². The van der Waals surface area contributed by atoms with Crippen LogP contribution in [0.4, 0.5) is 16.1 Å². The Morgan fingerprint density at radius 2 is 2.18 bits per heavy atom. The highest BCUT2D eigenvalue weighted by Gasteiger charge is 2.10. The van der Waals surface area contributed by atoms with Crippen molar-refractivity contribution >= 4 is 44.7 Å². The number of rotatable bonds is 5. The van der Waals surface area contributed by atoms with E-state index in [-0.39, 0.29) is 12.3 Å². The molecule has 0 saturated carbocycles. The maximum absolute atomic E-state index is 11.9. The Kier molecular flexibility index (Phi) is 4.35. The molecule has 0 radical (unpaired) electrons. The first-order valence-corrected chi connectivity index (χ1v) is 8.11. The molecule has 0 spiro atoms. The number of amides is 1. The fourth-order valence-electron chi connectivity index (χ4n) is 1.67. The van der Waals surface area contributed by atoms with E-state index < -0.39 is 0 Å². The SMILES string of the molecule is Cc1nnc(NC(=O)Cc2csc(Nc3ccccn3)n2)s1. The number of carbonyl (C=O) groups excluding carboxylic acids is 1. The van der Waals surface area contributed by atoms with Gasteiger partial charge in [-0.2, -0.15) is 0 Å². The summed E-state index contributed by atoms with van der Waals surface area (Å²) in [5.41, 5.74) is 0.696. The fourth-order valence-corrected chi connectivity index (χ4v) is 2.99. The van der Waals surface area contributed by atoms with E-state index in [0.717, 1.165) is 10.8 Å². The summed E-state index contributed by atoms with van der Waals surface area (Å²) >= 11 is 2.77. The zero-order valence-electron chi connectivity index (χ0n) is 11.6. The fraction of sp³-hybridized carbons (Fsp3) is 0.154. The van der Waals surface area contributed by atoms with Gasteiger partial charge >= 0.3 is 0 Å². The van der Waals surface area contributed by atoms with Crippen LogP contribution in [0.15, 0.2) is 29.8 Å². The average molecular weight is 332 g/mol. The van der Waals surface area contributed by atoms with E-state index in [2.05, 4.69) is 30.8 Å². The number of aromatic nitrogens is 4. The van der Waals surface area contributed by atoms with Crippen molar-refractivity contribution in [2.45, 2.75) is 13.3 Å². The van der Waals surface area contributed by atoms with Gasteiger partial charge in [0.15, 0.2) is 5.13 Å². The van der Waals surface area contributed by atoms with E-state index in [1.165, 1.54) is 22.7 Å². The molecule has 112 valence electrons. The highest BCUT2D eigenvalue weighted by Crippen LogP contribution is 2.20. The highest BCUT2D eigenvalue weighted by molar-refractivity contribution is 7.15. The molecule has 7 nitrogen and oxygen atoms in total. The quantitative estimate of drug-likeness (QED) is 0.746. The molecule has 9 heteroatoms. The standard InChI is InChI=1S/C13H12N6OS2/c1-8-18-19-13(22-8)17-11(20)6-9-7-21-12(15-9)16-10-4-2-3-5-14-10/h2-5,7H,6H2,1H3,(H,14,15,16)(H,17,19,20). The first-order valence-electron chi connectivity index (χ1n) is 6.41. The molecule has 0 aliphatic rings. The summed E-state index contributed by atoms with van der Waals surface area (Å²) in [6.45, 7) is 1.84. The Hall–Kier alpha value is -2.39. The minimum atomic E-state index is -0.161. The number of aryl methyl sites for hydroxylation is 1. The van der Waals surface area contributed by atoms with Gasteiger partial charge in [0, 0.05) is 11.6 Å². The molecular weight excluding hydrogens is 320 g/mol. The van der Waals surface area contributed by atoms with Crippen molar-refractivity contribution in [2.24, 2.45) is 0 Å². The maximum Gasteiger partial charge on any atom is 0.232 e. The molecule has 0 unspecified atom stereocenters. The zero-order valence-corrected chi connectivity index (χ0v) is 13.2. The number of thiazole rings is 1. The lowest BCUT2D eigenvalue weighted by molar-refractivity contribution is -0.115. The first kappa shape index (κ1) is 14.5. The number of hydrogen-bond donors (Lipinski definition) is 2. The van der Waals surface area contributed by atoms with Crippen LogP contribution < -0.4 is 10.6 Å². The molecule has 1 amide bonds. The largest absolute Gasteiger partial charge is 0.316 e. The average Bonchev–Trinajstić information content (AvgIpc) is 3.09. The summed E-state index contributed by atoms with van der Waals surface area (Å²) in [6.07, 6.45) is 1.90. The number of hydrogen-bond acceptors (Lipinski definition) is 8. The van der Waals surface area contributed by atoms with E-state index >= 15 is 0 Å². The Morgan fingerprint density at radius 1 is 1.27 bits per heavy atom. The number of carbonyl (C=O) groups is 1. The van der Waals surface area contributed by atoms with Crippen molar-refractivity contribution in [1.82, 2.24) is 20.2 Å². The van der Waals surface area contributed by atoms with Crippen molar-refractivity contribution < 1.29 is 4.79 Å². The lowest BCUT2D eigenvalue weighted by Crippen LogP contribution is -2.14. The second-order valence-electron chi connectivity index (χ2n) is 4.34. The van der Waals surface area contributed by atoms with Crippen LogP contribution in [0.2, 0.25) is 0 Å². The molecule has 3 heterocycles. The van der Waals surface area contributed by atoms with Crippen LogP contribution in [-0.4, -0.2) is 26.1 Å². The van der Waals surface area contributed by atoms with Crippen LogP contribution in [0.3, 0.4) is 0 Å². The second-order valence-corrected chi connectivity index (χ2v) is 6.37. The van der Waals surface area contributed by atoms with Crippen molar-refractivity contribution in [2.75, 3.05) is 10.6 Å². The van der Waals surface area contributed by atoms with E-state index in [1.54, 1.807) is 6.20 Å². The molecule has 22 heavy (non-hydrogen) atoms. The molecule has 0 aromatic carbocycles. The Balaban J connectivity index is 1.58.